The third-order valence-electron chi connectivity index (χ3n) is 2.66. The normalized spacial score (nSPS) is 24.1. The summed E-state index contributed by atoms with van der Waals surface area (Å²) < 4.78 is 0. The molecule has 2 N–H and O–H groups in total. The van der Waals surface area contributed by atoms with Gasteiger partial charge in [0.1, 0.15) is 5.70 Å². The van der Waals surface area contributed by atoms with Crippen LogP contribution in [0.25, 0.3) is 0 Å². The van der Waals surface area contributed by atoms with E-state index in [2.05, 4.69) is 37.3 Å². The third-order valence-corrected chi connectivity index (χ3v) is 2.66. The lowest BCUT2D eigenvalue weighted by molar-refractivity contribution is 0.247. The van der Waals surface area contributed by atoms with Crippen LogP contribution in [0.2, 0.25) is 0 Å². The van der Waals surface area contributed by atoms with Crippen LogP contribution in [0.5, 0.6) is 0 Å². The Labute approximate surface area is 99.7 Å². The monoisotopic (exact) mass is 236 g/mol. The Morgan fingerprint density at radius 1 is 1.35 bits per heavy atom. The molecule has 0 unspecified atom stereocenters. The van der Waals surface area contributed by atoms with Crippen LogP contribution in [0.4, 0.5) is 4.79 Å². The van der Waals surface area contributed by atoms with Gasteiger partial charge in [-0.15, -0.1) is 5.11 Å². The van der Waals surface area contributed by atoms with Gasteiger partial charge in [0.05, 0.1) is 6.54 Å². The molecule has 2 aliphatic heterocycles. The highest BCUT2D eigenvalue weighted by molar-refractivity contribution is 6.08. The van der Waals surface area contributed by atoms with Crippen molar-refractivity contribution in [3.63, 3.8) is 0 Å². The first-order valence-electron chi connectivity index (χ1n) is 5.65. The Hall–Kier alpha value is -1.60. The minimum absolute atomic E-state index is 0.407. The Kier molecular flexibility index (Phi) is 3.94. The molecule has 0 atom stereocenters. The summed E-state index contributed by atoms with van der Waals surface area (Å²) in [5.74, 6) is 0.431. The van der Waals surface area contributed by atoms with Crippen LogP contribution in [-0.4, -0.2) is 56.0 Å². The lowest BCUT2D eigenvalue weighted by atomic mass is 10.3. The average molecular weight is 236 g/mol. The van der Waals surface area contributed by atoms with Gasteiger partial charge in [-0.3, -0.25) is 15.2 Å². The summed E-state index contributed by atoms with van der Waals surface area (Å²) in [5, 5.41) is 12.8. The van der Waals surface area contributed by atoms with E-state index in [0.717, 1.165) is 32.7 Å². The van der Waals surface area contributed by atoms with E-state index >= 15 is 0 Å². The molecule has 1 fully saturated rings. The summed E-state index contributed by atoms with van der Waals surface area (Å²) in [4.78, 5) is 17.6. The molecule has 0 aromatic heterocycles. The van der Waals surface area contributed by atoms with Crippen molar-refractivity contribution >= 4 is 11.9 Å². The molecule has 2 heterocycles. The van der Waals surface area contributed by atoms with Gasteiger partial charge in [-0.25, -0.2) is 4.79 Å². The highest BCUT2D eigenvalue weighted by atomic mass is 16.2. The van der Waals surface area contributed by atoms with Crippen LogP contribution in [0.15, 0.2) is 27.5 Å². The fourth-order valence-corrected chi connectivity index (χ4v) is 1.72. The lowest BCUT2D eigenvalue weighted by Crippen LogP contribution is -2.44. The second kappa shape index (κ2) is 5.65. The molecule has 92 valence electrons. The van der Waals surface area contributed by atoms with E-state index < -0.39 is 6.03 Å². The van der Waals surface area contributed by atoms with Crippen LogP contribution in [0, 0.1) is 0 Å². The number of nitrogens with one attached hydrogen (secondary N) is 2. The first-order valence-corrected chi connectivity index (χ1v) is 5.65. The van der Waals surface area contributed by atoms with E-state index in [0.29, 0.717) is 18.1 Å². The molecule has 0 radical (unpaired) electrons. The molecule has 0 saturated carbocycles. The molecule has 7 heteroatoms. The fraction of sp³-hybridized carbons (Fsp3) is 0.600. The summed E-state index contributed by atoms with van der Waals surface area (Å²) >= 11 is 0. The summed E-state index contributed by atoms with van der Waals surface area (Å²) in [6.07, 6.45) is 0. The molecule has 0 aromatic carbocycles. The number of amidine groups is 1. The summed E-state index contributed by atoms with van der Waals surface area (Å²) in [7, 11) is 0. The molecular weight excluding hydrogens is 220 g/mol. The van der Waals surface area contributed by atoms with Crippen LogP contribution in [0.1, 0.15) is 0 Å². The zero-order chi connectivity index (χ0) is 12.1. The minimum Gasteiger partial charge on any atom is -0.314 e. The smallest absolute Gasteiger partial charge is 0.314 e. The van der Waals surface area contributed by atoms with E-state index in [4.69, 9.17) is 0 Å². The number of piperazine rings is 1. The number of urea groups is 1. The maximum absolute atomic E-state index is 11.0. The molecule has 0 aliphatic carbocycles. The summed E-state index contributed by atoms with van der Waals surface area (Å²) in [6.45, 7) is 9.30. The molecular formula is C10H16N6O. The largest absolute Gasteiger partial charge is 0.365 e. The van der Waals surface area contributed by atoms with Gasteiger partial charge in [-0.05, 0) is 0 Å². The first-order chi connectivity index (χ1) is 8.25. The van der Waals surface area contributed by atoms with Gasteiger partial charge in [0, 0.05) is 32.7 Å². The van der Waals surface area contributed by atoms with Crippen molar-refractivity contribution in [2.45, 2.75) is 0 Å². The number of nitrogens with zero attached hydrogens (tertiary/aromatic N) is 4. The molecule has 0 bridgehead atoms. The highest BCUT2D eigenvalue weighted by Crippen LogP contribution is 2.03. The van der Waals surface area contributed by atoms with Crippen LogP contribution < -0.4 is 10.6 Å². The number of carbonyl (C=O) groups excluding carboxylic acids is 1. The maximum atomic E-state index is 11.0. The van der Waals surface area contributed by atoms with E-state index in [1.54, 1.807) is 0 Å². The number of aliphatic imine (C=N–C) groups is 1. The molecule has 2 aliphatic rings. The van der Waals surface area contributed by atoms with Crippen molar-refractivity contribution in [2.24, 2.45) is 15.2 Å². The number of carbonyl (C=O) groups is 1. The second-order valence-electron chi connectivity index (χ2n) is 3.90. The predicted molar refractivity (Wildman–Crippen MR) is 64.1 cm³/mol. The van der Waals surface area contributed by atoms with Crippen molar-refractivity contribution < 1.29 is 4.79 Å². The quantitative estimate of drug-likeness (QED) is 0.722. The summed E-state index contributed by atoms with van der Waals surface area (Å²) in [6, 6.07) is -0.488. The predicted octanol–water partition coefficient (Wildman–Crippen LogP) is -0.0208. The zero-order valence-corrected chi connectivity index (χ0v) is 9.65. The van der Waals surface area contributed by atoms with Crippen LogP contribution in [0.3, 0.4) is 0 Å². The molecule has 0 spiro atoms. The Morgan fingerprint density at radius 3 is 2.88 bits per heavy atom. The molecule has 7 nitrogen and oxygen atoms in total. The van der Waals surface area contributed by atoms with E-state index in [9.17, 15) is 4.79 Å². The second-order valence-corrected chi connectivity index (χ2v) is 3.90. The van der Waals surface area contributed by atoms with Crippen molar-refractivity contribution in [3.05, 3.63) is 12.3 Å². The number of amides is 2. The topological polar surface area (TPSA) is 81.5 Å². The van der Waals surface area contributed by atoms with E-state index in [1.165, 1.54) is 0 Å². The van der Waals surface area contributed by atoms with E-state index in [-0.39, 0.29) is 0 Å². The van der Waals surface area contributed by atoms with Gasteiger partial charge < -0.3 is 5.32 Å². The van der Waals surface area contributed by atoms with Crippen LogP contribution >= 0.6 is 0 Å². The van der Waals surface area contributed by atoms with Crippen molar-refractivity contribution in [1.29, 1.82) is 0 Å². The van der Waals surface area contributed by atoms with Crippen molar-refractivity contribution in [2.75, 3.05) is 39.3 Å². The van der Waals surface area contributed by atoms with Gasteiger partial charge >= 0.3 is 6.03 Å². The SMILES string of the molecule is C=C1N=NC(=O)NC1=NCCN1CCNCC1. The standard InChI is InChI=1S/C10H16N6O/c1-8-9(13-10(17)15-14-8)12-4-7-16-5-2-11-3-6-16/h11H,1-7H2,(H,12,13,17). The Balaban J connectivity index is 1.81. The third kappa shape index (κ3) is 3.43. The van der Waals surface area contributed by atoms with Gasteiger partial charge in [-0.2, -0.15) is 0 Å². The van der Waals surface area contributed by atoms with Crippen LogP contribution in [-0.2, 0) is 0 Å². The van der Waals surface area contributed by atoms with Gasteiger partial charge in [0.2, 0.25) is 0 Å². The zero-order valence-electron chi connectivity index (χ0n) is 9.65. The number of hydrogen-bond acceptors (Lipinski definition) is 5. The van der Waals surface area contributed by atoms with Crippen molar-refractivity contribution in [3.8, 4) is 0 Å². The molecule has 17 heavy (non-hydrogen) atoms. The van der Waals surface area contributed by atoms with Gasteiger partial charge in [-0.1, -0.05) is 11.7 Å². The molecule has 0 aromatic rings. The van der Waals surface area contributed by atoms with Crippen molar-refractivity contribution in [1.82, 2.24) is 15.5 Å². The first kappa shape index (κ1) is 11.9. The van der Waals surface area contributed by atoms with Gasteiger partial charge in [0.15, 0.2) is 5.84 Å². The minimum atomic E-state index is -0.488. The average Bonchev–Trinajstić information content (AvgIpc) is 2.35. The van der Waals surface area contributed by atoms with E-state index in [1.807, 2.05) is 0 Å². The Morgan fingerprint density at radius 2 is 2.12 bits per heavy atom. The molecule has 2 amide bonds. The Bertz CT molecular complexity index is 369. The number of azo groups is 1. The maximum Gasteiger partial charge on any atom is 0.365 e. The fourth-order valence-electron chi connectivity index (χ4n) is 1.72. The molecule has 2 rings (SSSR count). The summed E-state index contributed by atoms with van der Waals surface area (Å²) in [5.41, 5.74) is 0.407. The number of rotatable bonds is 3. The highest BCUT2D eigenvalue weighted by Gasteiger charge is 2.14. The number of hydrogen-bond donors (Lipinski definition) is 2. The molecule has 1 saturated heterocycles. The van der Waals surface area contributed by atoms with Gasteiger partial charge in [0.25, 0.3) is 0 Å². The lowest BCUT2D eigenvalue weighted by Gasteiger charge is -2.26.